The van der Waals surface area contributed by atoms with Crippen molar-refractivity contribution < 1.29 is 4.79 Å². The lowest BCUT2D eigenvalue weighted by Crippen LogP contribution is -2.25. The van der Waals surface area contributed by atoms with Gasteiger partial charge in [0.2, 0.25) is 0 Å². The molecule has 13 heavy (non-hydrogen) atoms. The van der Waals surface area contributed by atoms with Crippen LogP contribution in [0.25, 0.3) is 0 Å². The third-order valence-electron chi connectivity index (χ3n) is 1.73. The molecular weight excluding hydrogens is 394 g/mol. The first-order chi connectivity index (χ1) is 6.18. The molecule has 1 atom stereocenters. The number of carbonyl (C=O) groups is 1. The monoisotopic (exact) mass is 398 g/mol. The minimum atomic E-state index is -0.186. The fraction of sp³-hybridized carbons (Fsp3) is 0.125. The standard InChI is InChI=1S/C8H4I2N2O/c9-4-1-5-7(6(10)2-4)11-3-12-8(5)13/h1-3,6H. The van der Waals surface area contributed by atoms with Crippen LogP contribution in [-0.2, 0) is 4.79 Å². The largest absolute Gasteiger partial charge is 0.280 e. The van der Waals surface area contributed by atoms with Gasteiger partial charge in [0.05, 0.1) is 15.2 Å². The van der Waals surface area contributed by atoms with E-state index in [0.717, 1.165) is 9.29 Å². The molecule has 1 aliphatic carbocycles. The predicted octanol–water partition coefficient (Wildman–Crippen LogP) is 2.06. The van der Waals surface area contributed by atoms with Gasteiger partial charge in [-0.25, -0.2) is 4.99 Å². The average Bonchev–Trinajstić information content (AvgIpc) is 2.07. The molecule has 2 rings (SSSR count). The van der Waals surface area contributed by atoms with Crippen LogP contribution in [0, 0.1) is 0 Å². The number of aliphatic imine (C=N–C) groups is 2. The number of rotatable bonds is 0. The third kappa shape index (κ3) is 1.76. The van der Waals surface area contributed by atoms with E-state index in [9.17, 15) is 4.79 Å². The first-order valence-corrected chi connectivity index (χ1v) is 5.89. The zero-order valence-electron chi connectivity index (χ0n) is 6.37. The molecular formula is C8H4I2N2O. The van der Waals surface area contributed by atoms with E-state index in [2.05, 4.69) is 61.2 Å². The Morgan fingerprint density at radius 2 is 2.23 bits per heavy atom. The maximum atomic E-state index is 11.3. The number of hydrogen-bond donors (Lipinski definition) is 0. The SMILES string of the molecule is O=C1N=CN=C2C1=CC(I)=CC2I. The molecule has 0 spiro atoms. The molecule has 2 aliphatic rings. The summed E-state index contributed by atoms with van der Waals surface area (Å²) in [6.45, 7) is 0. The molecule has 3 nitrogen and oxygen atoms in total. The lowest BCUT2D eigenvalue weighted by Gasteiger charge is -2.17. The Hall–Kier alpha value is -0.0500. The fourth-order valence-corrected chi connectivity index (χ4v) is 3.40. The Kier molecular flexibility index (Phi) is 2.63. The van der Waals surface area contributed by atoms with Crippen molar-refractivity contribution in [3.8, 4) is 0 Å². The van der Waals surface area contributed by atoms with E-state index >= 15 is 0 Å². The van der Waals surface area contributed by atoms with Crippen molar-refractivity contribution >= 4 is 63.1 Å². The molecule has 5 heteroatoms. The Morgan fingerprint density at radius 1 is 1.46 bits per heavy atom. The first-order valence-electron chi connectivity index (χ1n) is 3.56. The summed E-state index contributed by atoms with van der Waals surface area (Å²) in [7, 11) is 0. The van der Waals surface area contributed by atoms with Gasteiger partial charge in [-0.1, -0.05) is 28.7 Å². The van der Waals surface area contributed by atoms with Gasteiger partial charge in [0.15, 0.2) is 0 Å². The summed E-state index contributed by atoms with van der Waals surface area (Å²) in [6.07, 6.45) is 5.22. The quantitative estimate of drug-likeness (QED) is 0.455. The van der Waals surface area contributed by atoms with E-state index in [1.165, 1.54) is 6.34 Å². The number of hydrogen-bond acceptors (Lipinski definition) is 2. The number of nitrogens with zero attached hydrogens (tertiary/aromatic N) is 2. The predicted molar refractivity (Wildman–Crippen MR) is 68.9 cm³/mol. The van der Waals surface area contributed by atoms with E-state index in [1.807, 2.05) is 6.08 Å². The van der Waals surface area contributed by atoms with Crippen LogP contribution in [0.5, 0.6) is 0 Å². The lowest BCUT2D eigenvalue weighted by molar-refractivity contribution is -0.113. The van der Waals surface area contributed by atoms with Crippen molar-refractivity contribution in [2.75, 3.05) is 0 Å². The minimum absolute atomic E-state index is 0.181. The molecule has 1 unspecified atom stereocenters. The molecule has 0 radical (unpaired) electrons. The van der Waals surface area contributed by atoms with Crippen LogP contribution in [0.1, 0.15) is 0 Å². The molecule has 0 aromatic heterocycles. The number of fused-ring (bicyclic) bond motifs is 1. The molecule has 1 aliphatic heterocycles. The van der Waals surface area contributed by atoms with Crippen LogP contribution in [0.3, 0.4) is 0 Å². The topological polar surface area (TPSA) is 41.8 Å². The molecule has 0 saturated heterocycles. The van der Waals surface area contributed by atoms with Crippen molar-refractivity contribution in [2.45, 2.75) is 3.92 Å². The average molecular weight is 398 g/mol. The van der Waals surface area contributed by atoms with Crippen LogP contribution in [0.15, 0.2) is 31.3 Å². The summed E-state index contributed by atoms with van der Waals surface area (Å²) >= 11 is 4.44. The molecule has 0 aromatic rings. The summed E-state index contributed by atoms with van der Waals surface area (Å²) in [5, 5.41) is 0. The van der Waals surface area contributed by atoms with Gasteiger partial charge in [0.1, 0.15) is 6.34 Å². The van der Waals surface area contributed by atoms with Gasteiger partial charge in [-0.15, -0.1) is 0 Å². The molecule has 0 fully saturated rings. The Labute approximate surface area is 102 Å². The van der Waals surface area contributed by atoms with Gasteiger partial charge in [0.25, 0.3) is 5.91 Å². The smallest absolute Gasteiger partial charge is 0.267 e. The highest BCUT2D eigenvalue weighted by Gasteiger charge is 2.26. The van der Waals surface area contributed by atoms with E-state index < -0.39 is 0 Å². The van der Waals surface area contributed by atoms with E-state index in [-0.39, 0.29) is 9.83 Å². The van der Waals surface area contributed by atoms with Crippen LogP contribution in [-0.4, -0.2) is 21.9 Å². The van der Waals surface area contributed by atoms with Crippen molar-refractivity contribution in [1.29, 1.82) is 0 Å². The van der Waals surface area contributed by atoms with Crippen molar-refractivity contribution in [3.63, 3.8) is 0 Å². The van der Waals surface area contributed by atoms with Crippen LogP contribution in [0.4, 0.5) is 0 Å². The van der Waals surface area contributed by atoms with Crippen LogP contribution >= 0.6 is 45.2 Å². The lowest BCUT2D eigenvalue weighted by atomic mass is 10.0. The Bertz CT molecular complexity index is 393. The first kappa shape index (κ1) is 9.50. The van der Waals surface area contributed by atoms with Gasteiger partial charge in [-0.05, 0) is 28.7 Å². The summed E-state index contributed by atoms with van der Waals surface area (Å²) in [4.78, 5) is 19.1. The van der Waals surface area contributed by atoms with E-state index in [0.29, 0.717) is 5.57 Å². The number of carbonyl (C=O) groups excluding carboxylic acids is 1. The third-order valence-corrected chi connectivity index (χ3v) is 3.35. The Balaban J connectivity index is 2.52. The van der Waals surface area contributed by atoms with Gasteiger partial charge in [-0.2, -0.15) is 4.99 Å². The second kappa shape index (κ2) is 3.60. The maximum Gasteiger partial charge on any atom is 0.280 e. The summed E-state index contributed by atoms with van der Waals surface area (Å²) < 4.78 is 1.25. The Morgan fingerprint density at radius 3 is 3.00 bits per heavy atom. The second-order valence-corrected chi connectivity index (χ2v) is 5.16. The van der Waals surface area contributed by atoms with Gasteiger partial charge in [-0.3, -0.25) is 4.79 Å². The number of halogens is 2. The van der Waals surface area contributed by atoms with Crippen molar-refractivity contribution in [3.05, 3.63) is 21.3 Å². The minimum Gasteiger partial charge on any atom is -0.267 e. The molecule has 1 heterocycles. The maximum absolute atomic E-state index is 11.3. The molecule has 0 bridgehead atoms. The number of alkyl halides is 1. The molecule has 66 valence electrons. The normalized spacial score (nSPS) is 26.2. The van der Waals surface area contributed by atoms with Crippen LogP contribution < -0.4 is 0 Å². The fourth-order valence-electron chi connectivity index (χ4n) is 1.15. The van der Waals surface area contributed by atoms with Gasteiger partial charge >= 0.3 is 0 Å². The highest BCUT2D eigenvalue weighted by atomic mass is 127. The summed E-state index contributed by atoms with van der Waals surface area (Å²) in [6, 6.07) is 0. The number of amides is 1. The number of allylic oxidation sites excluding steroid dienone is 3. The molecule has 0 saturated carbocycles. The van der Waals surface area contributed by atoms with Crippen LogP contribution in [0.2, 0.25) is 0 Å². The zero-order valence-corrected chi connectivity index (χ0v) is 10.7. The zero-order chi connectivity index (χ0) is 9.42. The summed E-state index contributed by atoms with van der Waals surface area (Å²) in [5.74, 6) is -0.186. The van der Waals surface area contributed by atoms with E-state index in [4.69, 9.17) is 0 Å². The highest BCUT2D eigenvalue weighted by molar-refractivity contribution is 14.1. The van der Waals surface area contributed by atoms with Gasteiger partial charge < -0.3 is 0 Å². The molecule has 0 aromatic carbocycles. The van der Waals surface area contributed by atoms with Crippen molar-refractivity contribution in [2.24, 2.45) is 9.98 Å². The molecule has 1 amide bonds. The molecule has 0 N–H and O–H groups in total. The van der Waals surface area contributed by atoms with Crippen molar-refractivity contribution in [1.82, 2.24) is 0 Å². The van der Waals surface area contributed by atoms with Gasteiger partial charge in [0, 0.05) is 3.58 Å². The second-order valence-electron chi connectivity index (χ2n) is 2.58. The summed E-state index contributed by atoms with van der Waals surface area (Å²) in [5.41, 5.74) is 1.45. The highest BCUT2D eigenvalue weighted by Crippen LogP contribution is 2.26. The van der Waals surface area contributed by atoms with E-state index in [1.54, 1.807) is 0 Å².